The molecule has 2 aliphatic heterocycles. The van der Waals surface area contributed by atoms with Crippen molar-refractivity contribution < 1.29 is 29.0 Å². The van der Waals surface area contributed by atoms with Gasteiger partial charge in [0.1, 0.15) is 12.3 Å². The van der Waals surface area contributed by atoms with Crippen LogP contribution >= 0.6 is 23.1 Å². The van der Waals surface area contributed by atoms with Gasteiger partial charge in [0.05, 0.1) is 16.9 Å². The summed E-state index contributed by atoms with van der Waals surface area (Å²) in [6.07, 6.45) is 0.725. The first kappa shape index (κ1) is 27.0. The molecule has 1 saturated heterocycles. The molecule has 3 N–H and O–H groups in total. The Balaban J connectivity index is 1.13. The smallest absolute Gasteiger partial charge is 0.323 e. The van der Waals surface area contributed by atoms with Crippen LogP contribution in [0, 0.1) is 36.5 Å². The molecule has 0 radical (unpaired) electrons. The third-order valence-corrected chi connectivity index (χ3v) is 11.6. The third-order valence-electron chi connectivity index (χ3n) is 9.05. The zero-order chi connectivity index (χ0) is 29.3. The molecule has 3 fully saturated rings. The van der Waals surface area contributed by atoms with Gasteiger partial charge in [-0.15, -0.1) is 11.8 Å². The molecule has 0 spiro atoms. The second-order valence-electron chi connectivity index (χ2n) is 11.4. The molecule has 7 atom stereocenters. The highest BCUT2D eigenvalue weighted by Crippen LogP contribution is 2.68. The van der Waals surface area contributed by atoms with Crippen LogP contribution in [0.3, 0.4) is 0 Å². The quantitative estimate of drug-likeness (QED) is 0.348. The number of aromatic amines is 1. The molecule has 12 heteroatoms. The van der Waals surface area contributed by atoms with E-state index in [1.165, 1.54) is 11.3 Å². The monoisotopic (exact) mass is 605 g/mol. The highest BCUT2D eigenvalue weighted by atomic mass is 32.2. The van der Waals surface area contributed by atoms with Crippen LogP contribution in [0.15, 0.2) is 58.4 Å². The van der Waals surface area contributed by atoms with Gasteiger partial charge in [-0.25, -0.2) is 0 Å². The summed E-state index contributed by atoms with van der Waals surface area (Å²) in [6.45, 7) is 1.21. The molecule has 2 bridgehead atoms. The van der Waals surface area contributed by atoms with Gasteiger partial charge in [-0.3, -0.25) is 28.9 Å². The normalized spacial score (nSPS) is 28.8. The van der Waals surface area contributed by atoms with E-state index < -0.39 is 24.3 Å². The lowest BCUT2D eigenvalue weighted by Gasteiger charge is -2.43. The molecule has 1 aromatic heterocycles. The molecule has 2 aliphatic carbocycles. The van der Waals surface area contributed by atoms with E-state index >= 15 is 0 Å². The zero-order valence-electron chi connectivity index (χ0n) is 22.4. The van der Waals surface area contributed by atoms with Crippen LogP contribution < -0.4 is 14.9 Å². The standard InChI is InChI=1S/C30H27N3O7S2/c1-13-2-6-15(7-3-13)31-19(34)12-40-16-8-4-14(5-9-16)21-22-17-10-18(25(22)41-27-26(21)42-30(39)32-27)24-23(17)28(37)33(29(24)38)11-20(35)36/h2-9,17-18,21-25H,10-12H2,1H3,(H,31,34)(H,32,39)(H,35,36)/t17?,18?,21-,22?,23?,24?,25?/m1/s1. The summed E-state index contributed by atoms with van der Waals surface area (Å²) < 4.78 is 5.74. The molecule has 10 nitrogen and oxygen atoms in total. The number of amides is 3. The highest BCUT2D eigenvalue weighted by Gasteiger charge is 2.69. The van der Waals surface area contributed by atoms with E-state index in [1.807, 2.05) is 43.3 Å². The third kappa shape index (κ3) is 4.35. The number of carboxylic acids is 1. The number of hydrogen-bond acceptors (Lipinski definition) is 8. The van der Waals surface area contributed by atoms with Gasteiger partial charge in [-0.2, -0.15) is 0 Å². The largest absolute Gasteiger partial charge is 0.484 e. The number of aliphatic carboxylic acids is 1. The number of nitrogens with one attached hydrogen (secondary N) is 2. The van der Waals surface area contributed by atoms with Gasteiger partial charge < -0.3 is 20.1 Å². The van der Waals surface area contributed by atoms with Crippen molar-refractivity contribution in [3.63, 3.8) is 0 Å². The maximum atomic E-state index is 13.3. The molecule has 42 heavy (non-hydrogen) atoms. The van der Waals surface area contributed by atoms with Crippen molar-refractivity contribution in [3.05, 3.63) is 74.2 Å². The minimum Gasteiger partial charge on any atom is -0.484 e. The van der Waals surface area contributed by atoms with Crippen LogP contribution in [0.5, 0.6) is 5.75 Å². The van der Waals surface area contributed by atoms with Crippen molar-refractivity contribution in [2.45, 2.75) is 29.5 Å². The Morgan fingerprint density at radius 3 is 2.40 bits per heavy atom. The first-order valence-electron chi connectivity index (χ1n) is 13.8. The summed E-state index contributed by atoms with van der Waals surface area (Å²) >= 11 is 2.75. The lowest BCUT2D eigenvalue weighted by molar-refractivity contribution is -0.149. The maximum absolute atomic E-state index is 13.3. The number of carbonyl (C=O) groups is 4. The van der Waals surface area contributed by atoms with Crippen molar-refractivity contribution in [2.24, 2.45) is 29.6 Å². The van der Waals surface area contributed by atoms with E-state index in [2.05, 4.69) is 10.3 Å². The number of fused-ring (bicyclic) bond motifs is 9. The van der Waals surface area contributed by atoms with Gasteiger partial charge in [-0.05, 0) is 60.9 Å². The first-order chi connectivity index (χ1) is 20.2. The Bertz CT molecular complexity index is 1660. The number of rotatable bonds is 7. The number of benzene rings is 2. The molecule has 216 valence electrons. The predicted octanol–water partition coefficient (Wildman–Crippen LogP) is 3.32. The van der Waals surface area contributed by atoms with Crippen LogP contribution in [0.2, 0.25) is 0 Å². The average molecular weight is 606 g/mol. The summed E-state index contributed by atoms with van der Waals surface area (Å²) in [5.74, 6) is -3.09. The molecule has 3 amide bonds. The van der Waals surface area contributed by atoms with Crippen LogP contribution in [-0.4, -0.2) is 57.1 Å². The first-order valence-corrected chi connectivity index (χ1v) is 15.4. The fourth-order valence-corrected chi connectivity index (χ4v) is 10.4. The number of thiazole rings is 1. The van der Waals surface area contributed by atoms with Gasteiger partial charge in [0, 0.05) is 21.7 Å². The maximum Gasteiger partial charge on any atom is 0.323 e. The van der Waals surface area contributed by atoms with Crippen LogP contribution in [0.25, 0.3) is 0 Å². The van der Waals surface area contributed by atoms with Crippen LogP contribution in [-0.2, 0) is 19.2 Å². The van der Waals surface area contributed by atoms with E-state index in [0.717, 1.165) is 32.4 Å². The van der Waals surface area contributed by atoms with Crippen molar-refractivity contribution >= 4 is 52.5 Å². The van der Waals surface area contributed by atoms with Gasteiger partial charge >= 0.3 is 10.8 Å². The number of hydrogen-bond donors (Lipinski definition) is 3. The molecular formula is C30H27N3O7S2. The molecular weight excluding hydrogens is 578 g/mol. The summed E-state index contributed by atoms with van der Waals surface area (Å²) in [4.78, 5) is 67.4. The fraction of sp³-hybridized carbons (Fsp3) is 0.367. The summed E-state index contributed by atoms with van der Waals surface area (Å²) in [7, 11) is 0. The number of imide groups is 1. The SMILES string of the molecule is Cc1ccc(NC(=O)COc2ccc([C@H]3c4sc(=O)[nH]c4SC4C5CC(C6C(=O)N(CC(=O)O)C(=O)C56)C43)cc2)cc1. The lowest BCUT2D eigenvalue weighted by atomic mass is 9.68. The number of nitrogens with zero attached hydrogens (tertiary/aromatic N) is 1. The number of ether oxygens (including phenoxy) is 1. The number of H-pyrrole nitrogens is 1. The van der Waals surface area contributed by atoms with Crippen molar-refractivity contribution in [2.75, 3.05) is 18.5 Å². The summed E-state index contributed by atoms with van der Waals surface area (Å²) in [5.41, 5.74) is 2.75. The Labute approximate surface area is 248 Å². The van der Waals surface area contributed by atoms with E-state index in [0.29, 0.717) is 11.4 Å². The van der Waals surface area contributed by atoms with Crippen LogP contribution in [0.4, 0.5) is 5.69 Å². The van der Waals surface area contributed by atoms with Gasteiger partial charge in [-0.1, -0.05) is 41.2 Å². The predicted molar refractivity (Wildman–Crippen MR) is 155 cm³/mol. The minimum absolute atomic E-state index is 0.00813. The highest BCUT2D eigenvalue weighted by molar-refractivity contribution is 8.00. The van der Waals surface area contributed by atoms with Crippen molar-refractivity contribution in [1.82, 2.24) is 9.88 Å². The topological polar surface area (TPSA) is 146 Å². The fourth-order valence-electron chi connectivity index (χ4n) is 7.50. The molecule has 6 unspecified atom stereocenters. The van der Waals surface area contributed by atoms with Crippen LogP contribution in [0.1, 0.15) is 28.3 Å². The van der Waals surface area contributed by atoms with E-state index in [-0.39, 0.29) is 58.1 Å². The number of thioether (sulfide) groups is 1. The van der Waals surface area contributed by atoms with Crippen molar-refractivity contribution in [3.8, 4) is 5.75 Å². The second-order valence-corrected chi connectivity index (χ2v) is 13.6. The minimum atomic E-state index is -1.21. The van der Waals surface area contributed by atoms with E-state index in [1.54, 1.807) is 23.9 Å². The molecule has 3 aromatic rings. The molecule has 3 heterocycles. The van der Waals surface area contributed by atoms with E-state index in [4.69, 9.17) is 4.74 Å². The summed E-state index contributed by atoms with van der Waals surface area (Å²) in [6, 6.07) is 15.0. The Morgan fingerprint density at radius 1 is 1.02 bits per heavy atom. The Hall–Kier alpha value is -3.90. The van der Waals surface area contributed by atoms with Crippen molar-refractivity contribution in [1.29, 1.82) is 0 Å². The number of likely N-dealkylation sites (tertiary alicyclic amines) is 1. The molecule has 2 saturated carbocycles. The van der Waals surface area contributed by atoms with Gasteiger partial charge in [0.25, 0.3) is 5.91 Å². The number of anilines is 1. The van der Waals surface area contributed by atoms with Gasteiger partial charge in [0.15, 0.2) is 6.61 Å². The summed E-state index contributed by atoms with van der Waals surface area (Å²) in [5, 5.41) is 12.9. The average Bonchev–Trinajstić information content (AvgIpc) is 3.69. The zero-order valence-corrected chi connectivity index (χ0v) is 24.1. The second kappa shape index (κ2) is 10.1. The Kier molecular flexibility index (Phi) is 6.50. The molecule has 7 rings (SSSR count). The number of carboxylic acid groups (broad SMARTS) is 1. The number of aryl methyl sites for hydroxylation is 1. The number of aromatic nitrogens is 1. The van der Waals surface area contributed by atoms with Gasteiger partial charge in [0.2, 0.25) is 11.8 Å². The lowest BCUT2D eigenvalue weighted by Crippen LogP contribution is -2.42. The molecule has 2 aromatic carbocycles. The number of carbonyl (C=O) groups excluding carboxylic acids is 3. The van der Waals surface area contributed by atoms with E-state index in [9.17, 15) is 29.1 Å². The molecule has 4 aliphatic rings. The Morgan fingerprint density at radius 2 is 1.71 bits per heavy atom.